The van der Waals surface area contributed by atoms with Crippen LogP contribution < -0.4 is 15.4 Å². The minimum atomic E-state index is -0.466. The van der Waals surface area contributed by atoms with Crippen molar-refractivity contribution in [2.75, 3.05) is 10.6 Å². The van der Waals surface area contributed by atoms with Gasteiger partial charge in [0.25, 0.3) is 11.8 Å². The van der Waals surface area contributed by atoms with E-state index in [1.54, 1.807) is 54.6 Å². The van der Waals surface area contributed by atoms with E-state index >= 15 is 0 Å². The van der Waals surface area contributed by atoms with Crippen molar-refractivity contribution in [1.82, 2.24) is 0 Å². The molecule has 0 unspecified atom stereocenters. The third kappa shape index (κ3) is 5.29. The van der Waals surface area contributed by atoms with Crippen molar-refractivity contribution in [3.05, 3.63) is 89.5 Å². The Balaban J connectivity index is 1.77. The first-order valence-corrected chi connectivity index (χ1v) is 8.99. The van der Waals surface area contributed by atoms with Crippen LogP contribution >= 0.6 is 0 Å². The molecular formula is C23H20N2O4. The first kappa shape index (κ1) is 19.8. The van der Waals surface area contributed by atoms with Gasteiger partial charge in [0.15, 0.2) is 0 Å². The van der Waals surface area contributed by atoms with Gasteiger partial charge in [-0.05, 0) is 49.4 Å². The molecule has 0 atom stereocenters. The maximum absolute atomic E-state index is 12.6. The van der Waals surface area contributed by atoms with Gasteiger partial charge >= 0.3 is 5.97 Å². The zero-order chi connectivity index (χ0) is 20.8. The molecule has 2 amide bonds. The van der Waals surface area contributed by atoms with Gasteiger partial charge in [-0.25, -0.2) is 0 Å². The quantitative estimate of drug-likeness (QED) is 0.500. The average Bonchev–Trinajstić information content (AvgIpc) is 2.69. The Morgan fingerprint density at radius 2 is 1.31 bits per heavy atom. The van der Waals surface area contributed by atoms with Gasteiger partial charge in [-0.1, -0.05) is 35.9 Å². The molecule has 0 saturated carbocycles. The van der Waals surface area contributed by atoms with Gasteiger partial charge in [-0.15, -0.1) is 0 Å². The summed E-state index contributed by atoms with van der Waals surface area (Å²) in [4.78, 5) is 36.2. The molecule has 0 aliphatic carbocycles. The van der Waals surface area contributed by atoms with Gasteiger partial charge in [0.05, 0.1) is 11.4 Å². The van der Waals surface area contributed by atoms with E-state index in [0.717, 1.165) is 5.56 Å². The van der Waals surface area contributed by atoms with Crippen molar-refractivity contribution in [3.8, 4) is 5.75 Å². The summed E-state index contributed by atoms with van der Waals surface area (Å²) in [6.07, 6.45) is 0. The lowest BCUT2D eigenvalue weighted by atomic mass is 10.1. The van der Waals surface area contributed by atoms with Crippen molar-refractivity contribution in [2.24, 2.45) is 0 Å². The average molecular weight is 388 g/mol. The first-order chi connectivity index (χ1) is 13.9. The van der Waals surface area contributed by atoms with E-state index in [2.05, 4.69) is 10.6 Å². The number of rotatable bonds is 5. The maximum Gasteiger partial charge on any atom is 0.308 e. The Hall–Kier alpha value is -3.93. The molecule has 0 fully saturated rings. The summed E-state index contributed by atoms with van der Waals surface area (Å²) in [6, 6.07) is 20.4. The van der Waals surface area contributed by atoms with Crippen molar-refractivity contribution in [3.63, 3.8) is 0 Å². The van der Waals surface area contributed by atoms with Crippen LogP contribution in [0, 0.1) is 6.92 Å². The standard InChI is InChI=1S/C23H20N2O4/c1-15-10-12-17(13-11-15)22(27)24-20-8-3-4-9-21(20)25-23(28)18-6-5-7-19(14-18)29-16(2)26/h3-14H,1-2H3,(H,24,27)(H,25,28). The molecule has 6 nitrogen and oxygen atoms in total. The Morgan fingerprint density at radius 1 is 0.724 bits per heavy atom. The number of esters is 1. The number of carbonyl (C=O) groups excluding carboxylic acids is 3. The van der Waals surface area contributed by atoms with E-state index < -0.39 is 11.9 Å². The van der Waals surface area contributed by atoms with Crippen LogP contribution in [0.5, 0.6) is 5.75 Å². The van der Waals surface area contributed by atoms with Crippen molar-refractivity contribution in [2.45, 2.75) is 13.8 Å². The molecule has 0 aliphatic heterocycles. The largest absolute Gasteiger partial charge is 0.427 e. The number of carbonyl (C=O) groups is 3. The molecule has 0 saturated heterocycles. The summed E-state index contributed by atoms with van der Waals surface area (Å²) in [5, 5.41) is 5.60. The molecule has 0 heterocycles. The number of para-hydroxylation sites is 2. The molecule has 0 bridgehead atoms. The highest BCUT2D eigenvalue weighted by molar-refractivity contribution is 6.10. The lowest BCUT2D eigenvalue weighted by molar-refractivity contribution is -0.131. The molecule has 0 radical (unpaired) electrons. The Morgan fingerprint density at radius 3 is 1.90 bits per heavy atom. The lowest BCUT2D eigenvalue weighted by Gasteiger charge is -2.13. The van der Waals surface area contributed by atoms with Crippen LogP contribution in [0.3, 0.4) is 0 Å². The molecular weight excluding hydrogens is 368 g/mol. The first-order valence-electron chi connectivity index (χ1n) is 8.99. The smallest absolute Gasteiger partial charge is 0.308 e. The lowest BCUT2D eigenvalue weighted by Crippen LogP contribution is -2.17. The second-order valence-electron chi connectivity index (χ2n) is 6.44. The zero-order valence-corrected chi connectivity index (χ0v) is 16.1. The van der Waals surface area contributed by atoms with Crippen LogP contribution in [-0.4, -0.2) is 17.8 Å². The van der Waals surface area contributed by atoms with Crippen molar-refractivity contribution in [1.29, 1.82) is 0 Å². The van der Waals surface area contributed by atoms with E-state index in [4.69, 9.17) is 4.74 Å². The SMILES string of the molecule is CC(=O)Oc1cccc(C(=O)Nc2ccccc2NC(=O)c2ccc(C)cc2)c1. The van der Waals surface area contributed by atoms with Gasteiger partial charge in [-0.2, -0.15) is 0 Å². The summed E-state index contributed by atoms with van der Waals surface area (Å²) < 4.78 is 5.01. The van der Waals surface area contributed by atoms with Crippen molar-refractivity contribution >= 4 is 29.2 Å². The van der Waals surface area contributed by atoms with Crippen LogP contribution in [0.25, 0.3) is 0 Å². The van der Waals surface area contributed by atoms with E-state index in [9.17, 15) is 14.4 Å². The van der Waals surface area contributed by atoms with Gasteiger partial charge in [0.2, 0.25) is 0 Å². The summed E-state index contributed by atoms with van der Waals surface area (Å²) in [5.41, 5.74) is 2.83. The van der Waals surface area contributed by atoms with E-state index in [1.807, 2.05) is 19.1 Å². The van der Waals surface area contributed by atoms with Gasteiger partial charge in [-0.3, -0.25) is 14.4 Å². The van der Waals surface area contributed by atoms with Crippen LogP contribution in [0.4, 0.5) is 11.4 Å². The summed E-state index contributed by atoms with van der Waals surface area (Å²) in [6.45, 7) is 3.24. The van der Waals surface area contributed by atoms with Crippen LogP contribution in [0.1, 0.15) is 33.2 Å². The number of nitrogens with one attached hydrogen (secondary N) is 2. The summed E-state index contributed by atoms with van der Waals surface area (Å²) >= 11 is 0. The van der Waals surface area contributed by atoms with E-state index in [1.165, 1.54) is 13.0 Å². The number of amides is 2. The van der Waals surface area contributed by atoms with Crippen molar-refractivity contribution < 1.29 is 19.1 Å². The third-order valence-corrected chi connectivity index (χ3v) is 4.10. The van der Waals surface area contributed by atoms with Crippen LogP contribution in [-0.2, 0) is 4.79 Å². The number of benzene rings is 3. The number of ether oxygens (including phenoxy) is 1. The number of hydrogen-bond donors (Lipinski definition) is 2. The molecule has 0 spiro atoms. The van der Waals surface area contributed by atoms with Crippen LogP contribution in [0.2, 0.25) is 0 Å². The zero-order valence-electron chi connectivity index (χ0n) is 16.1. The number of hydrogen-bond acceptors (Lipinski definition) is 4. The second-order valence-corrected chi connectivity index (χ2v) is 6.44. The number of aryl methyl sites for hydroxylation is 1. The minimum Gasteiger partial charge on any atom is -0.427 e. The predicted octanol–water partition coefficient (Wildman–Crippen LogP) is 4.42. The van der Waals surface area contributed by atoms with Crippen LogP contribution in [0.15, 0.2) is 72.8 Å². The Kier molecular flexibility index (Phi) is 6.04. The normalized spacial score (nSPS) is 10.1. The highest BCUT2D eigenvalue weighted by Crippen LogP contribution is 2.23. The summed E-state index contributed by atoms with van der Waals surface area (Å²) in [7, 11) is 0. The second kappa shape index (κ2) is 8.84. The van der Waals surface area contributed by atoms with Gasteiger partial charge in [0.1, 0.15) is 5.75 Å². The number of anilines is 2. The van der Waals surface area contributed by atoms with Gasteiger partial charge < -0.3 is 15.4 Å². The fourth-order valence-electron chi connectivity index (χ4n) is 2.66. The molecule has 3 aromatic carbocycles. The molecule has 3 rings (SSSR count). The summed E-state index contributed by atoms with van der Waals surface area (Å²) in [5.74, 6) is -0.850. The molecule has 0 aromatic heterocycles. The topological polar surface area (TPSA) is 84.5 Å². The molecule has 146 valence electrons. The minimum absolute atomic E-state index is 0.274. The Labute approximate surface area is 168 Å². The van der Waals surface area contributed by atoms with Gasteiger partial charge in [0, 0.05) is 18.1 Å². The monoisotopic (exact) mass is 388 g/mol. The fraction of sp³-hybridized carbons (Fsp3) is 0.0870. The Bertz CT molecular complexity index is 1060. The third-order valence-electron chi connectivity index (χ3n) is 4.10. The highest BCUT2D eigenvalue weighted by atomic mass is 16.5. The highest BCUT2D eigenvalue weighted by Gasteiger charge is 2.13. The molecule has 3 aromatic rings. The fourth-order valence-corrected chi connectivity index (χ4v) is 2.66. The molecule has 2 N–H and O–H groups in total. The molecule has 29 heavy (non-hydrogen) atoms. The van der Waals surface area contributed by atoms with E-state index in [0.29, 0.717) is 22.5 Å². The van der Waals surface area contributed by atoms with E-state index in [-0.39, 0.29) is 11.7 Å². The maximum atomic E-state index is 12.6. The molecule has 6 heteroatoms. The molecule has 0 aliphatic rings. The predicted molar refractivity (Wildman–Crippen MR) is 111 cm³/mol.